The van der Waals surface area contributed by atoms with E-state index in [1.165, 1.54) is 30.5 Å². The summed E-state index contributed by atoms with van der Waals surface area (Å²) in [4.78, 5) is 4.56. The first-order valence-electron chi connectivity index (χ1n) is 9.50. The van der Waals surface area contributed by atoms with Crippen LogP contribution >= 0.6 is 0 Å². The van der Waals surface area contributed by atoms with Crippen LogP contribution in [0, 0.1) is 0 Å². The van der Waals surface area contributed by atoms with Gasteiger partial charge in [0, 0.05) is 18.2 Å². The van der Waals surface area contributed by atoms with Gasteiger partial charge in [-0.05, 0) is 56.1 Å². The molecule has 0 aromatic heterocycles. The first-order chi connectivity index (χ1) is 13.0. The summed E-state index contributed by atoms with van der Waals surface area (Å²) in [5, 5.41) is 0. The molecular formula is C21H21F3N2O. The lowest BCUT2D eigenvalue weighted by molar-refractivity contribution is -0.137. The Morgan fingerprint density at radius 2 is 1.81 bits per heavy atom. The van der Waals surface area contributed by atoms with E-state index in [2.05, 4.69) is 11.0 Å². The molecule has 3 nitrogen and oxygen atoms in total. The van der Waals surface area contributed by atoms with Crippen molar-refractivity contribution in [3.63, 3.8) is 0 Å². The highest BCUT2D eigenvalue weighted by atomic mass is 19.4. The van der Waals surface area contributed by atoms with Gasteiger partial charge in [-0.15, -0.1) is 0 Å². The van der Waals surface area contributed by atoms with Gasteiger partial charge in [-0.25, -0.2) is 0 Å². The van der Waals surface area contributed by atoms with Crippen molar-refractivity contribution in [3.05, 3.63) is 53.1 Å². The molecule has 0 radical (unpaired) electrons. The summed E-state index contributed by atoms with van der Waals surface area (Å²) in [5.41, 5.74) is 3.19. The second-order valence-electron chi connectivity index (χ2n) is 7.52. The normalized spacial score (nSPS) is 22.0. The Bertz CT molecular complexity index is 874. The molecule has 1 atom stereocenters. The Labute approximate surface area is 156 Å². The third-order valence-electron chi connectivity index (χ3n) is 5.95. The summed E-state index contributed by atoms with van der Waals surface area (Å²) < 4.78 is 45.7. The first-order valence-corrected chi connectivity index (χ1v) is 9.50. The van der Waals surface area contributed by atoms with Crippen molar-refractivity contribution in [1.82, 2.24) is 4.90 Å². The summed E-state index contributed by atoms with van der Waals surface area (Å²) in [6, 6.07) is 10.3. The van der Waals surface area contributed by atoms with Gasteiger partial charge in [-0.1, -0.05) is 18.2 Å². The minimum Gasteiger partial charge on any atom is -0.487 e. The van der Waals surface area contributed by atoms with Crippen molar-refractivity contribution in [1.29, 1.82) is 0 Å². The SMILES string of the molecule is FC(F)(F)c1ccc2c(c1)N1CCC(N3CCCC3)c3cccc(c31)CO2. The van der Waals surface area contributed by atoms with Gasteiger partial charge in [-0.2, -0.15) is 13.2 Å². The maximum Gasteiger partial charge on any atom is 0.416 e. The highest BCUT2D eigenvalue weighted by molar-refractivity contribution is 5.77. The van der Waals surface area contributed by atoms with Crippen LogP contribution in [-0.2, 0) is 12.8 Å². The summed E-state index contributed by atoms with van der Waals surface area (Å²) in [5.74, 6) is 0.518. The number of nitrogens with zero attached hydrogens (tertiary/aromatic N) is 2. The molecule has 0 aliphatic carbocycles. The van der Waals surface area contributed by atoms with E-state index >= 15 is 0 Å². The van der Waals surface area contributed by atoms with Crippen molar-refractivity contribution >= 4 is 11.4 Å². The number of ether oxygens (including phenoxy) is 1. The van der Waals surface area contributed by atoms with Gasteiger partial charge in [0.25, 0.3) is 0 Å². The molecule has 5 rings (SSSR count). The molecule has 1 fully saturated rings. The van der Waals surface area contributed by atoms with Crippen LogP contribution in [0.3, 0.4) is 0 Å². The summed E-state index contributed by atoms with van der Waals surface area (Å²) in [7, 11) is 0. The zero-order valence-corrected chi connectivity index (χ0v) is 14.9. The third-order valence-corrected chi connectivity index (χ3v) is 5.95. The highest BCUT2D eigenvalue weighted by Gasteiger charge is 2.37. The quantitative estimate of drug-likeness (QED) is 0.676. The molecule has 0 bridgehead atoms. The zero-order valence-electron chi connectivity index (χ0n) is 14.9. The molecule has 6 heteroatoms. The van der Waals surface area contributed by atoms with E-state index < -0.39 is 11.7 Å². The minimum atomic E-state index is -4.36. The van der Waals surface area contributed by atoms with Gasteiger partial charge in [0.05, 0.1) is 16.9 Å². The summed E-state index contributed by atoms with van der Waals surface area (Å²) in [6.07, 6.45) is -1.02. The third kappa shape index (κ3) is 2.78. The molecule has 2 aromatic carbocycles. The minimum absolute atomic E-state index is 0.339. The molecule has 0 N–H and O–H groups in total. The number of likely N-dealkylation sites (tertiary alicyclic amines) is 1. The smallest absolute Gasteiger partial charge is 0.416 e. The number of rotatable bonds is 1. The second-order valence-corrected chi connectivity index (χ2v) is 7.52. The number of benzene rings is 2. The van der Waals surface area contributed by atoms with E-state index in [4.69, 9.17) is 4.74 Å². The average molecular weight is 374 g/mol. The van der Waals surface area contributed by atoms with Crippen LogP contribution in [0.5, 0.6) is 5.75 Å². The standard InChI is InChI=1S/C21H21F3N2O/c22-21(23,24)15-6-7-19-18(12-15)26-11-8-17(25-9-1-2-10-25)16-5-3-4-14(13-27-19)20(16)26/h3-7,12,17H,1-2,8-11,13H2. The summed E-state index contributed by atoms with van der Waals surface area (Å²) in [6.45, 7) is 3.27. The lowest BCUT2D eigenvalue weighted by Crippen LogP contribution is -2.35. The van der Waals surface area contributed by atoms with E-state index in [-0.39, 0.29) is 0 Å². The van der Waals surface area contributed by atoms with E-state index in [1.54, 1.807) is 0 Å². The second kappa shape index (κ2) is 6.16. The molecule has 3 heterocycles. The largest absolute Gasteiger partial charge is 0.487 e. The Balaban J connectivity index is 1.63. The van der Waals surface area contributed by atoms with Crippen LogP contribution in [0.4, 0.5) is 24.5 Å². The Hall–Kier alpha value is -2.21. The fourth-order valence-corrected chi connectivity index (χ4v) is 4.70. The molecule has 3 aliphatic heterocycles. The van der Waals surface area contributed by atoms with E-state index in [9.17, 15) is 13.2 Å². The number of para-hydroxylation sites is 1. The van der Waals surface area contributed by atoms with Crippen molar-refractivity contribution < 1.29 is 17.9 Å². The predicted molar refractivity (Wildman–Crippen MR) is 97.4 cm³/mol. The van der Waals surface area contributed by atoms with Crippen LogP contribution < -0.4 is 9.64 Å². The maximum absolute atomic E-state index is 13.3. The molecule has 142 valence electrons. The zero-order chi connectivity index (χ0) is 18.6. The number of fused-ring (bicyclic) bond motifs is 2. The molecule has 1 saturated heterocycles. The number of hydrogen-bond acceptors (Lipinski definition) is 3. The van der Waals surface area contributed by atoms with E-state index in [0.29, 0.717) is 30.6 Å². The van der Waals surface area contributed by atoms with Crippen LogP contribution in [0.1, 0.15) is 42.0 Å². The van der Waals surface area contributed by atoms with Gasteiger partial charge in [0.15, 0.2) is 0 Å². The van der Waals surface area contributed by atoms with E-state index in [1.807, 2.05) is 17.0 Å². The lowest BCUT2D eigenvalue weighted by Gasteiger charge is -2.40. The molecule has 27 heavy (non-hydrogen) atoms. The lowest BCUT2D eigenvalue weighted by atomic mass is 9.92. The maximum atomic E-state index is 13.3. The predicted octanol–water partition coefficient (Wildman–Crippen LogP) is 5.28. The van der Waals surface area contributed by atoms with Crippen LogP contribution in [0.2, 0.25) is 0 Å². The van der Waals surface area contributed by atoms with Crippen molar-refractivity contribution in [3.8, 4) is 5.75 Å². The van der Waals surface area contributed by atoms with Crippen molar-refractivity contribution in [2.45, 2.75) is 38.1 Å². The highest BCUT2D eigenvalue weighted by Crippen LogP contribution is 2.49. The van der Waals surface area contributed by atoms with Crippen molar-refractivity contribution in [2.75, 3.05) is 24.5 Å². The number of anilines is 2. The first kappa shape index (κ1) is 16.9. The number of hydrogen-bond donors (Lipinski definition) is 0. The Morgan fingerprint density at radius 3 is 2.59 bits per heavy atom. The fourth-order valence-electron chi connectivity index (χ4n) is 4.70. The van der Waals surface area contributed by atoms with Gasteiger partial charge < -0.3 is 9.64 Å². The van der Waals surface area contributed by atoms with E-state index in [0.717, 1.165) is 36.8 Å². The van der Waals surface area contributed by atoms with Gasteiger partial charge in [-0.3, -0.25) is 4.90 Å². The number of halogens is 3. The molecule has 2 aromatic rings. The topological polar surface area (TPSA) is 15.7 Å². The van der Waals surface area contributed by atoms with Crippen LogP contribution in [0.15, 0.2) is 36.4 Å². The van der Waals surface area contributed by atoms with Crippen LogP contribution in [-0.4, -0.2) is 24.5 Å². The molecule has 3 aliphatic rings. The molecular weight excluding hydrogens is 353 g/mol. The Kier molecular flexibility index (Phi) is 3.86. The van der Waals surface area contributed by atoms with Crippen molar-refractivity contribution in [2.24, 2.45) is 0 Å². The molecule has 0 saturated carbocycles. The van der Waals surface area contributed by atoms with Crippen LogP contribution in [0.25, 0.3) is 0 Å². The Morgan fingerprint density at radius 1 is 1.00 bits per heavy atom. The molecule has 1 unspecified atom stereocenters. The van der Waals surface area contributed by atoms with Gasteiger partial charge in [0.2, 0.25) is 0 Å². The average Bonchev–Trinajstić information content (AvgIpc) is 3.13. The number of alkyl halides is 3. The van der Waals surface area contributed by atoms with Gasteiger partial charge >= 0.3 is 6.18 Å². The monoisotopic (exact) mass is 374 g/mol. The molecule has 0 spiro atoms. The molecule has 0 amide bonds. The summed E-state index contributed by atoms with van der Waals surface area (Å²) >= 11 is 0. The van der Waals surface area contributed by atoms with Gasteiger partial charge in [0.1, 0.15) is 12.4 Å². The fraction of sp³-hybridized carbons (Fsp3) is 0.429.